The summed E-state index contributed by atoms with van der Waals surface area (Å²) in [5.41, 5.74) is 1.19. The van der Waals surface area contributed by atoms with Crippen molar-refractivity contribution in [3.8, 4) is 5.75 Å². The molecule has 0 aliphatic carbocycles. The Labute approximate surface area is 173 Å². The lowest BCUT2D eigenvalue weighted by Gasteiger charge is -2.18. The van der Waals surface area contributed by atoms with Gasteiger partial charge in [0.25, 0.3) is 0 Å². The average molecular weight is 418 g/mol. The topological polar surface area (TPSA) is 146 Å². The third-order valence-electron chi connectivity index (χ3n) is 4.97. The van der Waals surface area contributed by atoms with E-state index in [-0.39, 0.29) is 31.1 Å². The highest BCUT2D eigenvalue weighted by molar-refractivity contribution is 5.88. The van der Waals surface area contributed by atoms with E-state index < -0.39 is 29.5 Å². The normalized spacial score (nSPS) is 12.0. The third-order valence-corrected chi connectivity index (χ3v) is 4.97. The first kappa shape index (κ1) is 22.9. The van der Waals surface area contributed by atoms with Gasteiger partial charge in [-0.05, 0) is 43.9 Å². The van der Waals surface area contributed by atoms with E-state index in [9.17, 15) is 24.3 Å². The zero-order chi connectivity index (χ0) is 22.6. The van der Waals surface area contributed by atoms with E-state index >= 15 is 0 Å². The second-order valence-corrected chi connectivity index (χ2v) is 7.48. The molecule has 0 spiro atoms. The summed E-state index contributed by atoms with van der Waals surface area (Å²) in [5, 5.41) is 24.3. The molecule has 2 rings (SSSR count). The number of aryl methyl sites for hydroxylation is 2. The fraction of sp³-hybridized carbons (Fsp3) is 0.429. The largest absolute Gasteiger partial charge is 0.508 e. The second kappa shape index (κ2) is 9.43. The van der Waals surface area contributed by atoms with Crippen molar-refractivity contribution < 1.29 is 29.0 Å². The molecule has 0 saturated carbocycles. The molecule has 162 valence electrons. The highest BCUT2D eigenvalue weighted by Gasteiger charge is 2.23. The van der Waals surface area contributed by atoms with E-state index in [1.165, 1.54) is 6.07 Å². The van der Waals surface area contributed by atoms with Gasteiger partial charge in [0.2, 0.25) is 11.8 Å². The minimum Gasteiger partial charge on any atom is -0.508 e. The predicted molar refractivity (Wildman–Crippen MR) is 109 cm³/mol. The smallest absolute Gasteiger partial charge is 0.339 e. The van der Waals surface area contributed by atoms with E-state index in [0.717, 1.165) is 0 Å². The Morgan fingerprint density at radius 3 is 2.37 bits per heavy atom. The van der Waals surface area contributed by atoms with Crippen LogP contribution in [0.25, 0.3) is 11.0 Å². The van der Waals surface area contributed by atoms with Crippen LogP contribution in [0.15, 0.2) is 21.3 Å². The number of carbonyl (C=O) groups excluding carboxylic acids is 2. The van der Waals surface area contributed by atoms with Crippen LogP contribution in [0.1, 0.15) is 37.0 Å². The van der Waals surface area contributed by atoms with Crippen LogP contribution in [-0.4, -0.2) is 40.6 Å². The van der Waals surface area contributed by atoms with E-state index in [1.54, 1.807) is 33.8 Å². The summed E-state index contributed by atoms with van der Waals surface area (Å²) in [6.07, 6.45) is 0.0647. The van der Waals surface area contributed by atoms with Gasteiger partial charge in [0.05, 0.1) is 6.54 Å². The van der Waals surface area contributed by atoms with E-state index in [4.69, 9.17) is 9.52 Å². The molecule has 0 fully saturated rings. The number of benzene rings is 1. The minimum atomic E-state index is -1.15. The SMILES string of the molecule is Cc1c(CCC(=O)NCC(=O)NC(C(=O)O)C(C)C)c(=O)oc2c(C)c(O)ccc12. The lowest BCUT2D eigenvalue weighted by Crippen LogP contribution is -2.48. The van der Waals surface area contributed by atoms with Crippen molar-refractivity contribution in [3.63, 3.8) is 0 Å². The molecule has 0 bridgehead atoms. The fourth-order valence-electron chi connectivity index (χ4n) is 3.11. The number of aliphatic carboxylic acids is 1. The molecule has 1 aromatic heterocycles. The maximum absolute atomic E-state index is 12.3. The van der Waals surface area contributed by atoms with Crippen molar-refractivity contribution in [2.24, 2.45) is 5.92 Å². The number of phenolic OH excluding ortho intramolecular Hbond substituents is 1. The van der Waals surface area contributed by atoms with Gasteiger partial charge in [-0.15, -0.1) is 0 Å². The summed E-state index contributed by atoms with van der Waals surface area (Å²) in [7, 11) is 0. The first-order chi connectivity index (χ1) is 14.0. The quantitative estimate of drug-likeness (QED) is 0.474. The van der Waals surface area contributed by atoms with E-state index in [0.29, 0.717) is 27.7 Å². The molecule has 0 radical (unpaired) electrons. The molecule has 0 aliphatic rings. The maximum Gasteiger partial charge on any atom is 0.339 e. The number of rotatable bonds is 8. The molecule has 2 aromatic rings. The Morgan fingerprint density at radius 1 is 1.10 bits per heavy atom. The number of nitrogens with one attached hydrogen (secondary N) is 2. The summed E-state index contributed by atoms with van der Waals surface area (Å²) in [4.78, 5) is 47.4. The number of aromatic hydroxyl groups is 1. The molecular formula is C21H26N2O7. The van der Waals surface area contributed by atoms with Crippen molar-refractivity contribution in [2.45, 2.75) is 46.6 Å². The van der Waals surface area contributed by atoms with Crippen molar-refractivity contribution in [2.75, 3.05) is 6.54 Å². The van der Waals surface area contributed by atoms with Crippen LogP contribution in [0, 0.1) is 19.8 Å². The van der Waals surface area contributed by atoms with Crippen molar-refractivity contribution in [1.29, 1.82) is 0 Å². The van der Waals surface area contributed by atoms with Crippen LogP contribution in [0.5, 0.6) is 5.75 Å². The van der Waals surface area contributed by atoms with Gasteiger partial charge in [-0.3, -0.25) is 9.59 Å². The standard InChI is InChI=1S/C21H26N2O7/c1-10(2)18(20(27)28)23-17(26)9-22-16(25)8-6-14-11(3)13-5-7-15(24)12(4)19(13)30-21(14)29/h5,7,10,18,24H,6,8-9H2,1-4H3,(H,22,25)(H,23,26)(H,27,28). The monoisotopic (exact) mass is 418 g/mol. The summed E-state index contributed by atoms with van der Waals surface area (Å²) < 4.78 is 5.34. The molecule has 1 unspecified atom stereocenters. The van der Waals surface area contributed by atoms with Gasteiger partial charge in [-0.1, -0.05) is 13.8 Å². The molecule has 1 heterocycles. The summed E-state index contributed by atoms with van der Waals surface area (Å²) in [6.45, 7) is 6.36. The predicted octanol–water partition coefficient (Wildman–Crippen LogP) is 1.39. The van der Waals surface area contributed by atoms with Gasteiger partial charge in [0, 0.05) is 22.9 Å². The van der Waals surface area contributed by atoms with Crippen molar-refractivity contribution >= 4 is 28.8 Å². The number of carboxylic acids is 1. The number of carboxylic acid groups (broad SMARTS) is 1. The highest BCUT2D eigenvalue weighted by atomic mass is 16.4. The van der Waals surface area contributed by atoms with Gasteiger partial charge in [-0.25, -0.2) is 9.59 Å². The van der Waals surface area contributed by atoms with Gasteiger partial charge in [-0.2, -0.15) is 0 Å². The molecule has 1 aromatic carbocycles. The highest BCUT2D eigenvalue weighted by Crippen LogP contribution is 2.28. The minimum absolute atomic E-state index is 0.0260. The van der Waals surface area contributed by atoms with Crippen LogP contribution in [-0.2, 0) is 20.8 Å². The molecule has 0 saturated heterocycles. The van der Waals surface area contributed by atoms with E-state index in [2.05, 4.69) is 10.6 Å². The van der Waals surface area contributed by atoms with Crippen LogP contribution in [0.3, 0.4) is 0 Å². The Hall–Kier alpha value is -3.36. The second-order valence-electron chi connectivity index (χ2n) is 7.48. The van der Waals surface area contributed by atoms with Crippen LogP contribution >= 0.6 is 0 Å². The summed E-state index contributed by atoms with van der Waals surface area (Å²) in [6, 6.07) is 2.13. The Bertz CT molecular complexity index is 1040. The van der Waals surface area contributed by atoms with Gasteiger partial charge in [0.1, 0.15) is 17.4 Å². The molecule has 1 atom stereocenters. The Kier molecular flexibility index (Phi) is 7.20. The number of fused-ring (bicyclic) bond motifs is 1. The Balaban J connectivity index is 2.00. The average Bonchev–Trinajstić information content (AvgIpc) is 2.67. The first-order valence-corrected chi connectivity index (χ1v) is 9.56. The zero-order valence-corrected chi connectivity index (χ0v) is 17.4. The molecule has 9 heteroatoms. The first-order valence-electron chi connectivity index (χ1n) is 9.56. The van der Waals surface area contributed by atoms with Crippen molar-refractivity contribution in [3.05, 3.63) is 39.2 Å². The fourth-order valence-corrected chi connectivity index (χ4v) is 3.11. The summed E-state index contributed by atoms with van der Waals surface area (Å²) >= 11 is 0. The number of amides is 2. The molecule has 30 heavy (non-hydrogen) atoms. The Morgan fingerprint density at radius 2 is 1.77 bits per heavy atom. The van der Waals surface area contributed by atoms with Crippen molar-refractivity contribution in [1.82, 2.24) is 10.6 Å². The molecule has 0 aliphatic heterocycles. The molecule has 9 nitrogen and oxygen atoms in total. The van der Waals surface area contributed by atoms with Crippen LogP contribution in [0.2, 0.25) is 0 Å². The number of phenols is 1. The van der Waals surface area contributed by atoms with Gasteiger partial charge in [0.15, 0.2) is 0 Å². The molecule has 4 N–H and O–H groups in total. The maximum atomic E-state index is 12.3. The lowest BCUT2D eigenvalue weighted by molar-refractivity contribution is -0.143. The third kappa shape index (κ3) is 5.16. The molecular weight excluding hydrogens is 392 g/mol. The van der Waals surface area contributed by atoms with Crippen LogP contribution < -0.4 is 16.3 Å². The number of hydrogen-bond acceptors (Lipinski definition) is 6. The summed E-state index contributed by atoms with van der Waals surface area (Å²) in [5.74, 6) is -2.49. The zero-order valence-electron chi connectivity index (χ0n) is 17.4. The number of carbonyl (C=O) groups is 3. The molecule has 2 amide bonds. The van der Waals surface area contributed by atoms with Gasteiger partial charge < -0.3 is 25.3 Å². The lowest BCUT2D eigenvalue weighted by atomic mass is 10.0. The van der Waals surface area contributed by atoms with Gasteiger partial charge >= 0.3 is 11.6 Å². The van der Waals surface area contributed by atoms with Crippen LogP contribution in [0.4, 0.5) is 0 Å². The number of hydrogen-bond donors (Lipinski definition) is 4. The van der Waals surface area contributed by atoms with E-state index in [1.807, 2.05) is 0 Å².